The first kappa shape index (κ1) is 24.3. The number of benzene rings is 1. The van der Waals surface area contributed by atoms with Crippen LogP contribution in [0.5, 0.6) is 0 Å². The lowest BCUT2D eigenvalue weighted by molar-refractivity contribution is -0.143. The molecule has 1 aromatic carbocycles. The molecule has 0 aliphatic carbocycles. The Labute approximate surface area is 193 Å². The van der Waals surface area contributed by atoms with Gasteiger partial charge in [0.25, 0.3) is 5.91 Å². The normalized spacial score (nSPS) is 16.8. The fourth-order valence-electron chi connectivity index (χ4n) is 3.82. The van der Waals surface area contributed by atoms with Crippen molar-refractivity contribution in [1.82, 2.24) is 20.5 Å². The summed E-state index contributed by atoms with van der Waals surface area (Å²) in [5.74, 6) is -2.04. The largest absolute Gasteiger partial charge is 0.343 e. The molecular weight excluding hydrogens is 425 g/mol. The molecule has 1 aliphatic heterocycles. The molecule has 1 aliphatic rings. The van der Waals surface area contributed by atoms with Gasteiger partial charge in [-0.15, -0.1) is 0 Å². The average Bonchev–Trinajstić information content (AvgIpc) is 3.18. The third kappa shape index (κ3) is 5.03. The predicted molar refractivity (Wildman–Crippen MR) is 123 cm³/mol. The molecule has 3 rings (SSSR count). The SMILES string of the molecule is CN[C@@H](C)C(=O)N[C@H](C(=O)N1Cc2ncccc2[C@H]1C(=O)Nc1c(C)cccc1F)C(C)C. The lowest BCUT2D eigenvalue weighted by Gasteiger charge is -2.31. The maximum Gasteiger partial charge on any atom is 0.251 e. The highest BCUT2D eigenvalue weighted by Gasteiger charge is 2.42. The van der Waals surface area contributed by atoms with E-state index < -0.39 is 35.8 Å². The fourth-order valence-corrected chi connectivity index (χ4v) is 3.82. The number of carbonyl (C=O) groups excluding carboxylic acids is 3. The molecule has 0 saturated carbocycles. The summed E-state index contributed by atoms with van der Waals surface area (Å²) in [7, 11) is 1.66. The zero-order valence-electron chi connectivity index (χ0n) is 19.5. The molecule has 2 heterocycles. The zero-order chi connectivity index (χ0) is 24.3. The van der Waals surface area contributed by atoms with Gasteiger partial charge in [-0.2, -0.15) is 0 Å². The molecule has 3 amide bonds. The third-order valence-electron chi connectivity index (χ3n) is 5.91. The number of nitrogens with zero attached hydrogens (tertiary/aromatic N) is 2. The van der Waals surface area contributed by atoms with Crippen molar-refractivity contribution in [2.24, 2.45) is 5.92 Å². The molecule has 9 heteroatoms. The molecule has 33 heavy (non-hydrogen) atoms. The standard InChI is InChI=1S/C24H30FN5O3/c1-13(2)19(28-22(31)15(4)26-5)24(33)30-12-18-16(9-7-11-27-18)21(30)23(32)29-20-14(3)8-6-10-17(20)25/h6-11,13,15,19,21,26H,12H2,1-5H3,(H,28,31)(H,29,32)/t15-,19-,21-/m0/s1. The topological polar surface area (TPSA) is 103 Å². The van der Waals surface area contributed by atoms with Crippen LogP contribution in [-0.4, -0.2) is 46.7 Å². The molecule has 2 aromatic rings. The summed E-state index contributed by atoms with van der Waals surface area (Å²) in [5, 5.41) is 8.29. The van der Waals surface area contributed by atoms with Crippen LogP contribution in [0.15, 0.2) is 36.5 Å². The van der Waals surface area contributed by atoms with Crippen molar-refractivity contribution in [3.63, 3.8) is 0 Å². The Hall–Kier alpha value is -3.33. The van der Waals surface area contributed by atoms with Crippen LogP contribution in [0.4, 0.5) is 10.1 Å². The minimum Gasteiger partial charge on any atom is -0.343 e. The highest BCUT2D eigenvalue weighted by molar-refractivity contribution is 6.00. The van der Waals surface area contributed by atoms with Gasteiger partial charge in [-0.05, 0) is 44.5 Å². The molecule has 1 aromatic heterocycles. The minimum absolute atomic E-state index is 0.0730. The molecule has 0 saturated heterocycles. The lowest BCUT2D eigenvalue weighted by Crippen LogP contribution is -2.55. The van der Waals surface area contributed by atoms with Crippen LogP contribution in [0.3, 0.4) is 0 Å². The van der Waals surface area contributed by atoms with Gasteiger partial charge >= 0.3 is 0 Å². The molecule has 3 atom stereocenters. The van der Waals surface area contributed by atoms with Crippen molar-refractivity contribution in [1.29, 1.82) is 0 Å². The number of amides is 3. The first-order chi connectivity index (χ1) is 15.6. The molecule has 0 spiro atoms. The van der Waals surface area contributed by atoms with Crippen molar-refractivity contribution < 1.29 is 18.8 Å². The van der Waals surface area contributed by atoms with E-state index in [9.17, 15) is 18.8 Å². The molecule has 0 radical (unpaired) electrons. The summed E-state index contributed by atoms with van der Waals surface area (Å²) in [6, 6.07) is 5.63. The van der Waals surface area contributed by atoms with E-state index in [1.165, 1.54) is 11.0 Å². The summed E-state index contributed by atoms with van der Waals surface area (Å²) < 4.78 is 14.4. The molecule has 3 N–H and O–H groups in total. The van der Waals surface area contributed by atoms with Gasteiger partial charge < -0.3 is 20.9 Å². The number of para-hydroxylation sites is 1. The Morgan fingerprint density at radius 1 is 1.15 bits per heavy atom. The third-order valence-corrected chi connectivity index (χ3v) is 5.91. The summed E-state index contributed by atoms with van der Waals surface area (Å²) in [6.45, 7) is 7.15. The van der Waals surface area contributed by atoms with Gasteiger partial charge in [0.1, 0.15) is 17.9 Å². The molecule has 0 unspecified atom stereocenters. The van der Waals surface area contributed by atoms with Crippen LogP contribution in [0.1, 0.15) is 43.6 Å². The lowest BCUT2D eigenvalue weighted by atomic mass is 10.0. The van der Waals surface area contributed by atoms with E-state index >= 15 is 0 Å². The number of likely N-dealkylation sites (N-methyl/N-ethyl adjacent to an activating group) is 1. The Balaban J connectivity index is 1.93. The second-order valence-corrected chi connectivity index (χ2v) is 8.57. The van der Waals surface area contributed by atoms with E-state index in [0.29, 0.717) is 16.8 Å². The summed E-state index contributed by atoms with van der Waals surface area (Å²) in [6.07, 6.45) is 1.60. The zero-order valence-corrected chi connectivity index (χ0v) is 19.5. The molecule has 176 valence electrons. The molecular formula is C24H30FN5O3. The smallest absolute Gasteiger partial charge is 0.251 e. The van der Waals surface area contributed by atoms with Crippen LogP contribution in [0.2, 0.25) is 0 Å². The predicted octanol–water partition coefficient (Wildman–Crippen LogP) is 2.30. The number of hydrogen-bond acceptors (Lipinski definition) is 5. The van der Waals surface area contributed by atoms with Gasteiger partial charge in [-0.3, -0.25) is 19.4 Å². The van der Waals surface area contributed by atoms with Crippen molar-refractivity contribution in [3.05, 3.63) is 59.2 Å². The Morgan fingerprint density at radius 2 is 1.88 bits per heavy atom. The van der Waals surface area contributed by atoms with Crippen molar-refractivity contribution in [3.8, 4) is 0 Å². The monoisotopic (exact) mass is 455 g/mol. The minimum atomic E-state index is -1.000. The molecule has 8 nitrogen and oxygen atoms in total. The first-order valence-electron chi connectivity index (χ1n) is 10.9. The van der Waals surface area contributed by atoms with E-state index in [1.807, 2.05) is 13.8 Å². The Morgan fingerprint density at radius 3 is 2.52 bits per heavy atom. The second kappa shape index (κ2) is 10.1. The van der Waals surface area contributed by atoms with Crippen LogP contribution in [-0.2, 0) is 20.9 Å². The second-order valence-electron chi connectivity index (χ2n) is 8.57. The number of aryl methyl sites for hydroxylation is 1. The number of fused-ring (bicyclic) bond motifs is 1. The van der Waals surface area contributed by atoms with Crippen LogP contribution in [0, 0.1) is 18.7 Å². The number of nitrogens with one attached hydrogen (secondary N) is 3. The Bertz CT molecular complexity index is 1040. The van der Waals surface area contributed by atoms with Gasteiger partial charge in [-0.1, -0.05) is 32.0 Å². The maximum atomic E-state index is 14.4. The number of aromatic nitrogens is 1. The van der Waals surface area contributed by atoms with Crippen LogP contribution >= 0.6 is 0 Å². The van der Waals surface area contributed by atoms with E-state index in [1.54, 1.807) is 51.4 Å². The number of pyridine rings is 1. The Kier molecular flexibility index (Phi) is 7.43. The highest BCUT2D eigenvalue weighted by atomic mass is 19.1. The first-order valence-corrected chi connectivity index (χ1v) is 10.9. The fraction of sp³-hybridized carbons (Fsp3) is 0.417. The van der Waals surface area contributed by atoms with Gasteiger partial charge in [0, 0.05) is 11.8 Å². The summed E-state index contributed by atoms with van der Waals surface area (Å²) in [5.41, 5.74) is 1.81. The van der Waals surface area contributed by atoms with E-state index in [2.05, 4.69) is 20.9 Å². The summed E-state index contributed by atoms with van der Waals surface area (Å²) in [4.78, 5) is 45.2. The molecule has 0 bridgehead atoms. The number of carbonyl (C=O) groups is 3. The van der Waals surface area contributed by atoms with E-state index in [0.717, 1.165) is 0 Å². The van der Waals surface area contributed by atoms with Crippen molar-refractivity contribution >= 4 is 23.4 Å². The number of anilines is 1. The summed E-state index contributed by atoms with van der Waals surface area (Å²) >= 11 is 0. The quantitative estimate of drug-likeness (QED) is 0.595. The van der Waals surface area contributed by atoms with Gasteiger partial charge in [0.15, 0.2) is 0 Å². The van der Waals surface area contributed by atoms with Gasteiger partial charge in [-0.25, -0.2) is 4.39 Å². The highest BCUT2D eigenvalue weighted by Crippen LogP contribution is 2.35. The van der Waals surface area contributed by atoms with Crippen molar-refractivity contribution in [2.45, 2.75) is 52.4 Å². The van der Waals surface area contributed by atoms with E-state index in [-0.39, 0.29) is 24.1 Å². The van der Waals surface area contributed by atoms with Gasteiger partial charge in [0.2, 0.25) is 11.8 Å². The molecule has 0 fully saturated rings. The number of halogens is 1. The van der Waals surface area contributed by atoms with Gasteiger partial charge in [0.05, 0.1) is 24.0 Å². The maximum absolute atomic E-state index is 14.4. The van der Waals surface area contributed by atoms with E-state index in [4.69, 9.17) is 0 Å². The number of hydrogen-bond donors (Lipinski definition) is 3. The van der Waals surface area contributed by atoms with Crippen LogP contribution in [0.25, 0.3) is 0 Å². The van der Waals surface area contributed by atoms with Crippen LogP contribution < -0.4 is 16.0 Å². The average molecular weight is 456 g/mol. The number of rotatable bonds is 7. The van der Waals surface area contributed by atoms with Crippen molar-refractivity contribution in [2.75, 3.05) is 12.4 Å².